The molecule has 0 radical (unpaired) electrons. The lowest BCUT2D eigenvalue weighted by Crippen LogP contribution is -2.42. The number of hydrogen-bond acceptors (Lipinski definition) is 2. The van der Waals surface area contributed by atoms with Crippen LogP contribution >= 0.6 is 11.6 Å². The summed E-state index contributed by atoms with van der Waals surface area (Å²) < 4.78 is 19.5. The first-order valence-corrected chi connectivity index (χ1v) is 7.41. The molecule has 0 saturated carbocycles. The third-order valence-electron chi connectivity index (χ3n) is 3.93. The lowest BCUT2D eigenvalue weighted by atomic mass is 9.98. The zero-order valence-corrected chi connectivity index (χ0v) is 12.5. The number of halogens is 2. The predicted molar refractivity (Wildman–Crippen MR) is 82.5 cm³/mol. The third kappa shape index (κ3) is 3.04. The number of para-hydroxylation sites is 1. The molecule has 2 atom stereocenters. The fourth-order valence-corrected chi connectivity index (χ4v) is 2.89. The Bertz CT molecular complexity index is 621. The first kappa shape index (κ1) is 14.4. The molecule has 0 aliphatic carbocycles. The average molecular weight is 306 g/mol. The summed E-state index contributed by atoms with van der Waals surface area (Å²) in [4.78, 5) is 0. The first-order chi connectivity index (χ1) is 10.2. The van der Waals surface area contributed by atoms with Gasteiger partial charge in [0.25, 0.3) is 0 Å². The molecule has 1 N–H and O–H groups in total. The lowest BCUT2D eigenvalue weighted by Gasteiger charge is -2.23. The standard InChI is InChI=1S/C17H17ClFNO/c1-20-15(9-11-6-7-13(18)14(19)8-11)17-10-12-4-2-3-5-16(12)21-17/h2-8,15,17,20H,9-10H2,1H3. The monoisotopic (exact) mass is 305 g/mol. The minimum atomic E-state index is -0.375. The molecule has 2 aromatic carbocycles. The van der Waals surface area contributed by atoms with Crippen LogP contribution in [0.5, 0.6) is 5.75 Å². The first-order valence-electron chi connectivity index (χ1n) is 7.03. The van der Waals surface area contributed by atoms with Gasteiger partial charge < -0.3 is 10.1 Å². The van der Waals surface area contributed by atoms with Crippen LogP contribution in [0.15, 0.2) is 42.5 Å². The van der Waals surface area contributed by atoms with Gasteiger partial charge in [-0.15, -0.1) is 0 Å². The molecule has 1 aliphatic heterocycles. The van der Waals surface area contributed by atoms with Gasteiger partial charge in [-0.25, -0.2) is 4.39 Å². The highest BCUT2D eigenvalue weighted by Crippen LogP contribution is 2.30. The van der Waals surface area contributed by atoms with Gasteiger partial charge in [-0.1, -0.05) is 35.9 Å². The van der Waals surface area contributed by atoms with Crippen molar-refractivity contribution in [3.8, 4) is 5.75 Å². The van der Waals surface area contributed by atoms with Gasteiger partial charge in [0.15, 0.2) is 0 Å². The molecule has 21 heavy (non-hydrogen) atoms. The summed E-state index contributed by atoms with van der Waals surface area (Å²) in [6, 6.07) is 13.2. The van der Waals surface area contributed by atoms with Crippen molar-refractivity contribution in [3.63, 3.8) is 0 Å². The lowest BCUT2D eigenvalue weighted by molar-refractivity contribution is 0.182. The Hall–Kier alpha value is -1.58. The van der Waals surface area contributed by atoms with Crippen LogP contribution in [0.1, 0.15) is 11.1 Å². The normalized spacial score (nSPS) is 18.1. The smallest absolute Gasteiger partial charge is 0.142 e. The number of ether oxygens (including phenoxy) is 1. The van der Waals surface area contributed by atoms with E-state index in [1.807, 2.05) is 31.3 Å². The van der Waals surface area contributed by atoms with E-state index in [2.05, 4.69) is 11.4 Å². The summed E-state index contributed by atoms with van der Waals surface area (Å²) in [6.45, 7) is 0. The summed E-state index contributed by atoms with van der Waals surface area (Å²) in [6.07, 6.45) is 1.63. The number of nitrogens with one attached hydrogen (secondary N) is 1. The van der Waals surface area contributed by atoms with Crippen LogP contribution in [0.25, 0.3) is 0 Å². The Labute approximate surface area is 128 Å². The number of likely N-dealkylation sites (N-methyl/N-ethyl adjacent to an activating group) is 1. The average Bonchev–Trinajstić information content (AvgIpc) is 2.92. The van der Waals surface area contributed by atoms with Crippen molar-refractivity contribution in [2.24, 2.45) is 0 Å². The molecule has 0 amide bonds. The van der Waals surface area contributed by atoms with E-state index >= 15 is 0 Å². The van der Waals surface area contributed by atoms with Gasteiger partial charge in [0.05, 0.1) is 5.02 Å². The maximum Gasteiger partial charge on any atom is 0.142 e. The molecule has 2 nitrogen and oxygen atoms in total. The molecule has 0 fully saturated rings. The molecule has 0 spiro atoms. The molecule has 0 saturated heterocycles. The zero-order chi connectivity index (χ0) is 14.8. The summed E-state index contributed by atoms with van der Waals surface area (Å²) in [7, 11) is 1.91. The second-order valence-corrected chi connectivity index (χ2v) is 5.72. The van der Waals surface area contributed by atoms with Gasteiger partial charge in [0.2, 0.25) is 0 Å². The number of rotatable bonds is 4. The second kappa shape index (κ2) is 6.04. The van der Waals surface area contributed by atoms with Gasteiger partial charge in [0, 0.05) is 12.5 Å². The van der Waals surface area contributed by atoms with E-state index in [0.29, 0.717) is 6.42 Å². The Balaban J connectivity index is 1.73. The number of fused-ring (bicyclic) bond motifs is 1. The minimum absolute atomic E-state index is 0.0612. The molecule has 1 heterocycles. The van der Waals surface area contributed by atoms with E-state index in [4.69, 9.17) is 16.3 Å². The maximum atomic E-state index is 13.5. The highest BCUT2D eigenvalue weighted by molar-refractivity contribution is 6.30. The second-order valence-electron chi connectivity index (χ2n) is 5.32. The van der Waals surface area contributed by atoms with E-state index in [9.17, 15) is 4.39 Å². The maximum absolute atomic E-state index is 13.5. The highest BCUT2D eigenvalue weighted by Gasteiger charge is 2.29. The van der Waals surface area contributed by atoms with E-state index in [1.54, 1.807) is 6.07 Å². The Morgan fingerprint density at radius 1 is 1.33 bits per heavy atom. The van der Waals surface area contributed by atoms with Crippen molar-refractivity contribution in [3.05, 3.63) is 64.4 Å². The van der Waals surface area contributed by atoms with Crippen LogP contribution in [0.2, 0.25) is 5.02 Å². The quantitative estimate of drug-likeness (QED) is 0.931. The van der Waals surface area contributed by atoms with Crippen LogP contribution in [0, 0.1) is 5.82 Å². The molecule has 3 rings (SSSR count). The minimum Gasteiger partial charge on any atom is -0.488 e. The van der Waals surface area contributed by atoms with E-state index in [1.165, 1.54) is 11.6 Å². The van der Waals surface area contributed by atoms with Crippen molar-refractivity contribution in [2.45, 2.75) is 25.0 Å². The SMILES string of the molecule is CNC(Cc1ccc(Cl)c(F)c1)C1Cc2ccccc2O1. The van der Waals surface area contributed by atoms with E-state index in [-0.39, 0.29) is 23.0 Å². The van der Waals surface area contributed by atoms with Crippen LogP contribution in [-0.4, -0.2) is 19.2 Å². The fourth-order valence-electron chi connectivity index (χ4n) is 2.77. The Morgan fingerprint density at radius 3 is 2.86 bits per heavy atom. The van der Waals surface area contributed by atoms with Gasteiger partial charge in [0.1, 0.15) is 17.7 Å². The summed E-state index contributed by atoms with van der Waals surface area (Å²) in [5.74, 6) is 0.574. The number of hydrogen-bond donors (Lipinski definition) is 1. The van der Waals surface area contributed by atoms with E-state index in [0.717, 1.165) is 17.7 Å². The summed E-state index contributed by atoms with van der Waals surface area (Å²) in [5.41, 5.74) is 2.14. The summed E-state index contributed by atoms with van der Waals surface area (Å²) in [5, 5.41) is 3.44. The van der Waals surface area contributed by atoms with Crippen LogP contribution in [0.3, 0.4) is 0 Å². The van der Waals surface area contributed by atoms with Crippen molar-refractivity contribution in [1.82, 2.24) is 5.32 Å². The van der Waals surface area contributed by atoms with Gasteiger partial charge in [-0.05, 0) is 42.8 Å². The largest absolute Gasteiger partial charge is 0.488 e. The van der Waals surface area contributed by atoms with Crippen LogP contribution in [0.4, 0.5) is 4.39 Å². The molecule has 4 heteroatoms. The molecule has 2 unspecified atom stereocenters. The van der Waals surface area contributed by atoms with Crippen molar-refractivity contribution in [2.75, 3.05) is 7.05 Å². The van der Waals surface area contributed by atoms with Gasteiger partial charge in [-0.3, -0.25) is 0 Å². The molecule has 1 aliphatic rings. The van der Waals surface area contributed by atoms with E-state index < -0.39 is 0 Å². The third-order valence-corrected chi connectivity index (χ3v) is 4.24. The molecule has 0 bridgehead atoms. The highest BCUT2D eigenvalue weighted by atomic mass is 35.5. The Morgan fingerprint density at radius 2 is 2.14 bits per heavy atom. The van der Waals surface area contributed by atoms with Crippen molar-refractivity contribution < 1.29 is 9.13 Å². The van der Waals surface area contributed by atoms with Crippen LogP contribution < -0.4 is 10.1 Å². The van der Waals surface area contributed by atoms with Crippen LogP contribution in [-0.2, 0) is 12.8 Å². The Kier molecular flexibility index (Phi) is 4.13. The number of benzene rings is 2. The predicted octanol–water partition coefficient (Wildman–Crippen LogP) is 3.61. The molecular weight excluding hydrogens is 289 g/mol. The molecular formula is C17H17ClFNO. The van der Waals surface area contributed by atoms with Crippen molar-refractivity contribution >= 4 is 11.6 Å². The fraction of sp³-hybridized carbons (Fsp3) is 0.294. The zero-order valence-electron chi connectivity index (χ0n) is 11.8. The van der Waals surface area contributed by atoms with Crippen molar-refractivity contribution in [1.29, 1.82) is 0 Å². The van der Waals surface area contributed by atoms with Gasteiger partial charge in [-0.2, -0.15) is 0 Å². The molecule has 2 aromatic rings. The summed E-state index contributed by atoms with van der Waals surface area (Å²) >= 11 is 5.72. The van der Waals surface area contributed by atoms with Gasteiger partial charge >= 0.3 is 0 Å². The topological polar surface area (TPSA) is 21.3 Å². The molecule has 110 valence electrons. The molecule has 0 aromatic heterocycles.